The van der Waals surface area contributed by atoms with Crippen molar-refractivity contribution in [3.63, 3.8) is 0 Å². The van der Waals surface area contributed by atoms with E-state index in [4.69, 9.17) is 9.79 Å². The van der Waals surface area contributed by atoms with Crippen LogP contribution < -0.4 is 5.32 Å². The third-order valence-corrected chi connectivity index (χ3v) is 10.1. The quantitative estimate of drug-likeness (QED) is 0.0284. The molecule has 0 aliphatic rings. The molecule has 0 radical (unpaired) electrons. The number of unbranched alkanes of at least 4 members (excludes halogenated alkanes) is 28. The molecule has 7 nitrogen and oxygen atoms in total. The Morgan fingerprint density at radius 3 is 1.28 bits per heavy atom. The molecule has 0 spiro atoms. The number of nitrogens with one attached hydrogen (secondary N) is 1. The SMILES string of the molecule is CCCCCCCCC=CCCCCCCCCCCCCCC(=O)N[C@@H](COP(=O)(O)O)[C@H](O)C=CCCCCCCCCCCCCC. The number of aliphatic hydroxyl groups is 1. The highest BCUT2D eigenvalue weighted by Crippen LogP contribution is 2.35. The van der Waals surface area contributed by atoms with Crippen LogP contribution in [0, 0.1) is 0 Å². The lowest BCUT2D eigenvalue weighted by Gasteiger charge is -2.22. The van der Waals surface area contributed by atoms with Crippen molar-refractivity contribution >= 4 is 13.7 Å². The van der Waals surface area contributed by atoms with E-state index in [0.717, 1.165) is 38.5 Å². The van der Waals surface area contributed by atoms with Gasteiger partial charge in [-0.05, 0) is 44.9 Å². The fourth-order valence-electron chi connectivity index (χ4n) is 6.40. The average Bonchev–Trinajstić information content (AvgIpc) is 3.08. The molecule has 0 aromatic carbocycles. The first-order valence-corrected chi connectivity index (χ1v) is 22.8. The zero-order chi connectivity index (χ0) is 36.8. The van der Waals surface area contributed by atoms with Crippen LogP contribution in [0.4, 0.5) is 0 Å². The van der Waals surface area contributed by atoms with Crippen LogP contribution in [0.3, 0.4) is 0 Å². The summed E-state index contributed by atoms with van der Waals surface area (Å²) < 4.78 is 15.9. The van der Waals surface area contributed by atoms with Crippen LogP contribution in [0.2, 0.25) is 0 Å². The highest BCUT2D eigenvalue weighted by atomic mass is 31.2. The Balaban J connectivity index is 3.91. The van der Waals surface area contributed by atoms with E-state index in [0.29, 0.717) is 6.42 Å². The number of rotatable bonds is 39. The normalized spacial score (nSPS) is 13.5. The van der Waals surface area contributed by atoms with E-state index in [1.165, 1.54) is 161 Å². The lowest BCUT2D eigenvalue weighted by molar-refractivity contribution is -0.123. The van der Waals surface area contributed by atoms with Crippen molar-refractivity contribution in [1.82, 2.24) is 5.32 Å². The number of phosphoric ester groups is 1. The summed E-state index contributed by atoms with van der Waals surface area (Å²) in [5, 5.41) is 13.4. The Morgan fingerprint density at radius 1 is 0.560 bits per heavy atom. The molecule has 0 aliphatic heterocycles. The van der Waals surface area contributed by atoms with Gasteiger partial charge in [0.05, 0.1) is 18.8 Å². The fourth-order valence-corrected chi connectivity index (χ4v) is 6.75. The third-order valence-electron chi connectivity index (χ3n) is 9.65. The Kier molecular flexibility index (Phi) is 37.0. The highest BCUT2D eigenvalue weighted by molar-refractivity contribution is 7.46. The Hall–Kier alpha value is -0.980. The Labute approximate surface area is 309 Å². The highest BCUT2D eigenvalue weighted by Gasteiger charge is 2.24. The van der Waals surface area contributed by atoms with Gasteiger partial charge < -0.3 is 20.2 Å². The van der Waals surface area contributed by atoms with E-state index in [1.54, 1.807) is 6.08 Å². The predicted molar refractivity (Wildman–Crippen MR) is 213 cm³/mol. The molecule has 0 bridgehead atoms. The number of hydrogen-bond donors (Lipinski definition) is 4. The van der Waals surface area contributed by atoms with Crippen LogP contribution in [0.5, 0.6) is 0 Å². The van der Waals surface area contributed by atoms with Crippen molar-refractivity contribution in [2.24, 2.45) is 0 Å². The Bertz CT molecular complexity index is 829. The van der Waals surface area contributed by atoms with Gasteiger partial charge in [0, 0.05) is 6.42 Å². The molecule has 4 N–H and O–H groups in total. The van der Waals surface area contributed by atoms with E-state index in [2.05, 4.69) is 35.8 Å². The Morgan fingerprint density at radius 2 is 0.900 bits per heavy atom. The molecule has 0 unspecified atom stereocenters. The van der Waals surface area contributed by atoms with Gasteiger partial charge in [-0.1, -0.05) is 192 Å². The molecular weight excluding hydrogens is 645 g/mol. The second-order valence-corrected chi connectivity index (χ2v) is 15.9. The summed E-state index contributed by atoms with van der Waals surface area (Å²) >= 11 is 0. The summed E-state index contributed by atoms with van der Waals surface area (Å²) in [5.74, 6) is -0.226. The number of carbonyl (C=O) groups is 1. The number of aliphatic hydroxyl groups excluding tert-OH is 1. The molecule has 0 rings (SSSR count). The van der Waals surface area contributed by atoms with Gasteiger partial charge in [0.1, 0.15) is 0 Å². The van der Waals surface area contributed by atoms with E-state index in [9.17, 15) is 14.5 Å². The number of amides is 1. The number of hydrogen-bond acceptors (Lipinski definition) is 4. The van der Waals surface area contributed by atoms with Crippen LogP contribution in [-0.4, -0.2) is 39.6 Å². The molecular formula is C42H82NO6P. The third kappa shape index (κ3) is 38.3. The molecule has 0 aromatic rings. The van der Waals surface area contributed by atoms with Gasteiger partial charge in [-0.2, -0.15) is 0 Å². The second kappa shape index (κ2) is 37.8. The van der Waals surface area contributed by atoms with E-state index < -0.39 is 26.6 Å². The van der Waals surface area contributed by atoms with Crippen molar-refractivity contribution < 1.29 is 28.8 Å². The molecule has 0 saturated carbocycles. The maximum absolute atomic E-state index is 12.6. The number of carbonyl (C=O) groups excluding carboxylic acids is 1. The van der Waals surface area contributed by atoms with Crippen LogP contribution in [0.15, 0.2) is 24.3 Å². The number of allylic oxidation sites excluding steroid dienone is 3. The fraction of sp³-hybridized carbons (Fsp3) is 0.881. The zero-order valence-electron chi connectivity index (χ0n) is 32.8. The maximum atomic E-state index is 12.6. The van der Waals surface area contributed by atoms with Crippen LogP contribution >= 0.6 is 7.82 Å². The molecule has 1 amide bonds. The van der Waals surface area contributed by atoms with Crippen molar-refractivity contribution in [3.8, 4) is 0 Å². The molecule has 2 atom stereocenters. The molecule has 0 heterocycles. The van der Waals surface area contributed by atoms with E-state index >= 15 is 0 Å². The molecule has 0 aliphatic carbocycles. The summed E-state index contributed by atoms with van der Waals surface area (Å²) in [7, 11) is -4.71. The first-order valence-electron chi connectivity index (χ1n) is 21.3. The maximum Gasteiger partial charge on any atom is 0.469 e. The minimum absolute atomic E-state index is 0.226. The van der Waals surface area contributed by atoms with Gasteiger partial charge >= 0.3 is 7.82 Å². The molecule has 0 aromatic heterocycles. The first kappa shape index (κ1) is 49.0. The average molecular weight is 728 g/mol. The lowest BCUT2D eigenvalue weighted by atomic mass is 10.0. The summed E-state index contributed by atoms with van der Waals surface area (Å²) in [6.07, 6.45) is 46.3. The predicted octanol–water partition coefficient (Wildman–Crippen LogP) is 12.6. The minimum Gasteiger partial charge on any atom is -0.387 e. The number of phosphoric acid groups is 1. The van der Waals surface area contributed by atoms with Crippen LogP contribution in [0.1, 0.15) is 219 Å². The van der Waals surface area contributed by atoms with Gasteiger partial charge in [-0.3, -0.25) is 9.32 Å². The smallest absolute Gasteiger partial charge is 0.387 e. The minimum atomic E-state index is -4.71. The summed E-state index contributed by atoms with van der Waals surface area (Å²) in [6, 6.07) is -0.907. The standard InChI is InChI=1S/C42H82NO6P/c1-3-5-7-9-11-13-15-17-18-19-20-21-22-23-24-26-28-30-32-34-36-38-42(45)43-40(39-49-50(46,47)48)41(44)37-35-33-31-29-27-25-16-14-12-10-8-6-4-2/h17-18,35,37,40-41,44H,3-16,19-34,36,38-39H2,1-2H3,(H,43,45)(H2,46,47,48)/t40-,41+/m0/s1. The summed E-state index contributed by atoms with van der Waals surface area (Å²) in [5.41, 5.74) is 0. The second-order valence-electron chi connectivity index (χ2n) is 14.7. The molecule has 0 fully saturated rings. The summed E-state index contributed by atoms with van der Waals surface area (Å²) in [6.45, 7) is 4.07. The zero-order valence-corrected chi connectivity index (χ0v) is 33.7. The molecule has 8 heteroatoms. The van der Waals surface area contributed by atoms with Gasteiger partial charge in [0.25, 0.3) is 0 Å². The molecule has 0 saturated heterocycles. The van der Waals surface area contributed by atoms with Crippen LogP contribution in [-0.2, 0) is 13.9 Å². The van der Waals surface area contributed by atoms with Crippen molar-refractivity contribution in [3.05, 3.63) is 24.3 Å². The van der Waals surface area contributed by atoms with Crippen LogP contribution in [0.25, 0.3) is 0 Å². The van der Waals surface area contributed by atoms with E-state index in [-0.39, 0.29) is 5.91 Å². The monoisotopic (exact) mass is 728 g/mol. The summed E-state index contributed by atoms with van der Waals surface area (Å²) in [4.78, 5) is 30.9. The van der Waals surface area contributed by atoms with Crippen molar-refractivity contribution in [1.29, 1.82) is 0 Å². The van der Waals surface area contributed by atoms with Gasteiger partial charge in [0.2, 0.25) is 5.91 Å². The van der Waals surface area contributed by atoms with Gasteiger partial charge in [-0.25, -0.2) is 4.57 Å². The topological polar surface area (TPSA) is 116 Å². The van der Waals surface area contributed by atoms with Gasteiger partial charge in [0.15, 0.2) is 0 Å². The van der Waals surface area contributed by atoms with E-state index in [1.807, 2.05) is 6.08 Å². The first-order chi connectivity index (χ1) is 24.3. The molecule has 296 valence electrons. The largest absolute Gasteiger partial charge is 0.469 e. The van der Waals surface area contributed by atoms with Gasteiger partial charge in [-0.15, -0.1) is 0 Å². The lowest BCUT2D eigenvalue weighted by Crippen LogP contribution is -2.45. The van der Waals surface area contributed by atoms with Crippen molar-refractivity contribution in [2.45, 2.75) is 231 Å². The van der Waals surface area contributed by atoms with Crippen molar-refractivity contribution in [2.75, 3.05) is 6.61 Å². The molecule has 50 heavy (non-hydrogen) atoms.